The average Bonchev–Trinajstić information content (AvgIpc) is 2.94. The van der Waals surface area contributed by atoms with Crippen LogP contribution in [0.25, 0.3) is 0 Å². The fraction of sp³-hybridized carbons (Fsp3) is 0.500. The summed E-state index contributed by atoms with van der Waals surface area (Å²) >= 11 is 0. The number of carbonyl (C=O) groups excluding carboxylic acids is 1. The molecular formula is C18H24N4O3. The van der Waals surface area contributed by atoms with Crippen LogP contribution >= 0.6 is 0 Å². The van der Waals surface area contributed by atoms with E-state index in [1.807, 2.05) is 23.1 Å². The lowest BCUT2D eigenvalue weighted by Gasteiger charge is -2.37. The van der Waals surface area contributed by atoms with E-state index in [1.54, 1.807) is 0 Å². The minimum atomic E-state index is -0.465. The van der Waals surface area contributed by atoms with Gasteiger partial charge in [0.15, 0.2) is 0 Å². The summed E-state index contributed by atoms with van der Waals surface area (Å²) in [7, 11) is 0. The van der Waals surface area contributed by atoms with Gasteiger partial charge >= 0.3 is 11.4 Å². The van der Waals surface area contributed by atoms with Crippen molar-refractivity contribution < 1.29 is 4.79 Å². The molecule has 1 aromatic heterocycles. The molecule has 2 aromatic rings. The van der Waals surface area contributed by atoms with Crippen LogP contribution in [-0.4, -0.2) is 38.7 Å². The van der Waals surface area contributed by atoms with Crippen molar-refractivity contribution in [1.82, 2.24) is 19.7 Å². The molecular weight excluding hydrogens is 320 g/mol. The van der Waals surface area contributed by atoms with Gasteiger partial charge in [-0.25, -0.2) is 24.4 Å². The fourth-order valence-electron chi connectivity index (χ4n) is 3.61. The van der Waals surface area contributed by atoms with Crippen LogP contribution in [0, 0.1) is 5.92 Å². The Hall–Kier alpha value is -2.57. The highest BCUT2D eigenvalue weighted by Crippen LogP contribution is 2.30. The van der Waals surface area contributed by atoms with E-state index in [2.05, 4.69) is 29.3 Å². The maximum Gasteiger partial charge on any atom is 0.344 e. The summed E-state index contributed by atoms with van der Waals surface area (Å²) in [4.78, 5) is 37.4. The zero-order valence-electron chi connectivity index (χ0n) is 14.4. The Balaban J connectivity index is 1.58. The normalized spacial score (nSPS) is 20.6. The van der Waals surface area contributed by atoms with E-state index >= 15 is 0 Å². The van der Waals surface area contributed by atoms with Crippen molar-refractivity contribution in [3.63, 3.8) is 0 Å². The minimum absolute atomic E-state index is 0.0903. The van der Waals surface area contributed by atoms with Gasteiger partial charge in [0.1, 0.15) is 0 Å². The first-order valence-electron chi connectivity index (χ1n) is 8.75. The number of benzene rings is 1. The van der Waals surface area contributed by atoms with Gasteiger partial charge in [0, 0.05) is 32.0 Å². The molecule has 134 valence electrons. The van der Waals surface area contributed by atoms with E-state index in [4.69, 9.17) is 0 Å². The number of aromatic nitrogens is 3. The number of hydrogen-bond donors (Lipinski definition) is 2. The van der Waals surface area contributed by atoms with Gasteiger partial charge in [0.25, 0.3) is 0 Å². The lowest BCUT2D eigenvalue weighted by atomic mass is 9.85. The zero-order valence-corrected chi connectivity index (χ0v) is 14.4. The molecule has 1 aromatic carbocycles. The second kappa shape index (κ2) is 7.55. The van der Waals surface area contributed by atoms with Gasteiger partial charge in [-0.1, -0.05) is 37.3 Å². The zero-order chi connectivity index (χ0) is 17.8. The number of nitrogens with one attached hydrogen (secondary N) is 2. The van der Waals surface area contributed by atoms with Gasteiger partial charge in [0.05, 0.1) is 0 Å². The number of amides is 1. The molecule has 0 bridgehead atoms. The Labute approximate surface area is 145 Å². The van der Waals surface area contributed by atoms with Gasteiger partial charge in [-0.15, -0.1) is 0 Å². The third-order valence-corrected chi connectivity index (χ3v) is 4.82. The van der Waals surface area contributed by atoms with Crippen molar-refractivity contribution in [2.45, 2.75) is 38.6 Å². The Morgan fingerprint density at radius 3 is 2.48 bits per heavy atom. The van der Waals surface area contributed by atoms with E-state index in [-0.39, 0.29) is 12.5 Å². The van der Waals surface area contributed by atoms with Crippen LogP contribution in [0.3, 0.4) is 0 Å². The lowest BCUT2D eigenvalue weighted by molar-refractivity contribution is -0.133. The summed E-state index contributed by atoms with van der Waals surface area (Å²) in [5, 5.41) is 4.49. The van der Waals surface area contributed by atoms with Crippen molar-refractivity contribution in [3.05, 3.63) is 56.9 Å². The monoisotopic (exact) mass is 344 g/mol. The molecule has 0 radical (unpaired) electrons. The van der Waals surface area contributed by atoms with E-state index < -0.39 is 11.4 Å². The third-order valence-electron chi connectivity index (χ3n) is 4.82. The van der Waals surface area contributed by atoms with E-state index in [1.165, 1.54) is 5.56 Å². The molecule has 1 aliphatic heterocycles. The maximum absolute atomic E-state index is 12.6. The fourth-order valence-corrected chi connectivity index (χ4v) is 3.61. The Bertz CT molecular complexity index is 793. The number of H-pyrrole nitrogens is 2. The molecule has 0 spiro atoms. The molecule has 7 heteroatoms. The van der Waals surface area contributed by atoms with Crippen molar-refractivity contribution in [1.29, 1.82) is 0 Å². The number of nitrogens with zero attached hydrogens (tertiary/aromatic N) is 2. The SMILES string of the molecule is CC1CC(c2ccccc2)CN(C(=O)CCCn2c(=O)[nH][nH]c2=O)C1. The molecule has 2 heterocycles. The van der Waals surface area contributed by atoms with Crippen LogP contribution in [0.4, 0.5) is 0 Å². The summed E-state index contributed by atoms with van der Waals surface area (Å²) in [5.41, 5.74) is 0.346. The molecule has 2 atom stereocenters. The molecule has 1 fully saturated rings. The molecule has 0 aliphatic carbocycles. The maximum atomic E-state index is 12.6. The first kappa shape index (κ1) is 17.3. The number of rotatable bonds is 5. The highest BCUT2D eigenvalue weighted by atomic mass is 16.2. The molecule has 1 aliphatic rings. The van der Waals surface area contributed by atoms with Crippen molar-refractivity contribution in [2.75, 3.05) is 13.1 Å². The molecule has 1 amide bonds. The van der Waals surface area contributed by atoms with E-state index in [9.17, 15) is 14.4 Å². The van der Waals surface area contributed by atoms with Gasteiger partial charge in [-0.05, 0) is 24.3 Å². The predicted octanol–water partition coefficient (Wildman–Crippen LogP) is 1.30. The molecule has 25 heavy (non-hydrogen) atoms. The highest BCUT2D eigenvalue weighted by molar-refractivity contribution is 5.76. The minimum Gasteiger partial charge on any atom is -0.342 e. The van der Waals surface area contributed by atoms with Crippen molar-refractivity contribution in [3.8, 4) is 0 Å². The Morgan fingerprint density at radius 1 is 1.12 bits per heavy atom. The van der Waals surface area contributed by atoms with Crippen LogP contribution in [0.1, 0.15) is 37.7 Å². The van der Waals surface area contributed by atoms with Gasteiger partial charge < -0.3 is 4.90 Å². The van der Waals surface area contributed by atoms with Crippen LogP contribution in [0.15, 0.2) is 39.9 Å². The van der Waals surface area contributed by atoms with Gasteiger partial charge in [0.2, 0.25) is 5.91 Å². The Morgan fingerprint density at radius 2 is 1.80 bits per heavy atom. The number of hydrogen-bond acceptors (Lipinski definition) is 3. The summed E-state index contributed by atoms with van der Waals surface area (Å²) in [6, 6.07) is 10.3. The molecule has 2 unspecified atom stereocenters. The predicted molar refractivity (Wildman–Crippen MR) is 94.5 cm³/mol. The van der Waals surface area contributed by atoms with Crippen LogP contribution in [0.5, 0.6) is 0 Å². The molecule has 1 saturated heterocycles. The van der Waals surface area contributed by atoms with E-state index in [0.717, 1.165) is 24.1 Å². The van der Waals surface area contributed by atoms with Crippen LogP contribution < -0.4 is 11.4 Å². The van der Waals surface area contributed by atoms with Crippen molar-refractivity contribution in [2.24, 2.45) is 5.92 Å². The molecule has 0 saturated carbocycles. The second-order valence-corrected chi connectivity index (χ2v) is 6.86. The number of aromatic amines is 2. The first-order chi connectivity index (χ1) is 12.0. The standard InChI is InChI=1S/C18H24N4O3/c1-13-10-15(14-6-3-2-4-7-14)12-21(11-13)16(23)8-5-9-22-17(24)19-20-18(22)25/h2-4,6-7,13,15H,5,8-12H2,1H3,(H,19,24)(H,20,25). The number of likely N-dealkylation sites (tertiary alicyclic amines) is 1. The summed E-state index contributed by atoms with van der Waals surface area (Å²) in [5.74, 6) is 0.912. The summed E-state index contributed by atoms with van der Waals surface area (Å²) in [6.07, 6.45) is 1.90. The average molecular weight is 344 g/mol. The number of carbonyl (C=O) groups is 1. The summed E-state index contributed by atoms with van der Waals surface area (Å²) in [6.45, 7) is 3.92. The third kappa shape index (κ3) is 4.10. The molecule has 3 rings (SSSR count). The topological polar surface area (TPSA) is 91.0 Å². The van der Waals surface area contributed by atoms with Crippen LogP contribution in [0.2, 0.25) is 0 Å². The van der Waals surface area contributed by atoms with Crippen molar-refractivity contribution >= 4 is 5.91 Å². The summed E-state index contributed by atoms with van der Waals surface area (Å²) < 4.78 is 1.08. The Kier molecular flexibility index (Phi) is 5.21. The van der Waals surface area contributed by atoms with Gasteiger partial charge in [-0.3, -0.25) is 4.79 Å². The highest BCUT2D eigenvalue weighted by Gasteiger charge is 2.28. The largest absolute Gasteiger partial charge is 0.344 e. The van der Waals surface area contributed by atoms with Gasteiger partial charge in [-0.2, -0.15) is 0 Å². The van der Waals surface area contributed by atoms with Crippen LogP contribution in [-0.2, 0) is 11.3 Å². The number of piperidine rings is 1. The quantitative estimate of drug-likeness (QED) is 0.856. The van der Waals surface area contributed by atoms with E-state index in [0.29, 0.717) is 24.7 Å². The molecule has 7 nitrogen and oxygen atoms in total. The second-order valence-electron chi connectivity index (χ2n) is 6.86. The smallest absolute Gasteiger partial charge is 0.342 e. The molecule has 2 N–H and O–H groups in total. The lowest BCUT2D eigenvalue weighted by Crippen LogP contribution is -2.42. The first-order valence-corrected chi connectivity index (χ1v) is 8.75.